The molecule has 0 aliphatic carbocycles. The zero-order chi connectivity index (χ0) is 23.4. The molecule has 0 saturated carbocycles. The maximum atomic E-state index is 12.6. The lowest BCUT2D eigenvalue weighted by Gasteiger charge is -2.11. The Hall–Kier alpha value is -3.98. The molecule has 9 heteroatoms. The molecule has 0 fully saturated rings. The minimum atomic E-state index is -0.487. The van der Waals surface area contributed by atoms with E-state index in [2.05, 4.69) is 15.5 Å². The van der Waals surface area contributed by atoms with Gasteiger partial charge in [0.15, 0.2) is 11.0 Å². The minimum Gasteiger partial charge on any atom is -0.325 e. The third-order valence-electron chi connectivity index (χ3n) is 5.00. The van der Waals surface area contributed by atoms with Crippen molar-refractivity contribution in [1.29, 1.82) is 0 Å². The van der Waals surface area contributed by atoms with Crippen LogP contribution in [0.5, 0.6) is 0 Å². The van der Waals surface area contributed by atoms with Gasteiger partial charge in [-0.2, -0.15) is 0 Å². The molecule has 0 aliphatic rings. The fourth-order valence-electron chi connectivity index (χ4n) is 3.24. The summed E-state index contributed by atoms with van der Waals surface area (Å²) in [5.41, 5.74) is 4.02. The van der Waals surface area contributed by atoms with E-state index in [0.29, 0.717) is 16.7 Å². The highest BCUT2D eigenvalue weighted by Gasteiger charge is 2.18. The van der Waals surface area contributed by atoms with Crippen LogP contribution < -0.4 is 5.32 Å². The molecule has 1 N–H and O–H groups in total. The predicted octanol–water partition coefficient (Wildman–Crippen LogP) is 5.19. The van der Waals surface area contributed by atoms with E-state index in [0.717, 1.165) is 22.4 Å². The number of anilines is 1. The summed E-state index contributed by atoms with van der Waals surface area (Å²) in [7, 11) is 0. The Balaban J connectivity index is 1.58. The number of aryl methyl sites for hydroxylation is 2. The van der Waals surface area contributed by atoms with Crippen LogP contribution in [0.15, 0.2) is 78.0 Å². The second kappa shape index (κ2) is 9.66. The Morgan fingerprint density at radius 3 is 2.45 bits per heavy atom. The van der Waals surface area contributed by atoms with Crippen molar-refractivity contribution in [2.75, 3.05) is 11.1 Å². The van der Waals surface area contributed by atoms with Crippen molar-refractivity contribution in [1.82, 2.24) is 14.8 Å². The smallest absolute Gasteiger partial charge is 0.271 e. The number of non-ortho nitro benzene ring substituents is 1. The van der Waals surface area contributed by atoms with Gasteiger partial charge >= 0.3 is 0 Å². The summed E-state index contributed by atoms with van der Waals surface area (Å²) in [6.45, 7) is 3.80. The second-order valence-electron chi connectivity index (χ2n) is 7.44. The molecule has 0 atom stereocenters. The Morgan fingerprint density at radius 2 is 1.76 bits per heavy atom. The average molecular weight is 460 g/mol. The van der Waals surface area contributed by atoms with Crippen molar-refractivity contribution in [2.24, 2.45) is 0 Å². The largest absolute Gasteiger partial charge is 0.325 e. The average Bonchev–Trinajstić information content (AvgIpc) is 3.24. The van der Waals surface area contributed by atoms with E-state index >= 15 is 0 Å². The molecule has 0 radical (unpaired) electrons. The number of nitrogens with one attached hydrogen (secondary N) is 1. The first-order valence-electron chi connectivity index (χ1n) is 10.2. The van der Waals surface area contributed by atoms with Gasteiger partial charge in [-0.15, -0.1) is 10.2 Å². The number of nitro benzene ring substituents is 1. The molecule has 166 valence electrons. The van der Waals surface area contributed by atoms with Crippen molar-refractivity contribution < 1.29 is 9.72 Å². The Bertz CT molecular complexity index is 1300. The summed E-state index contributed by atoms with van der Waals surface area (Å²) < 4.78 is 1.92. The molecule has 0 aliphatic heterocycles. The number of hydrogen-bond donors (Lipinski definition) is 1. The molecular weight excluding hydrogens is 438 g/mol. The van der Waals surface area contributed by atoms with E-state index in [9.17, 15) is 14.9 Å². The summed E-state index contributed by atoms with van der Waals surface area (Å²) in [6.07, 6.45) is 0. The zero-order valence-corrected chi connectivity index (χ0v) is 18.9. The first-order chi connectivity index (χ1) is 15.9. The highest BCUT2D eigenvalue weighted by Crippen LogP contribution is 2.28. The molecule has 4 aromatic rings. The zero-order valence-electron chi connectivity index (χ0n) is 18.1. The molecule has 0 unspecified atom stereocenters. The predicted molar refractivity (Wildman–Crippen MR) is 129 cm³/mol. The normalized spacial score (nSPS) is 10.7. The van der Waals surface area contributed by atoms with Gasteiger partial charge < -0.3 is 5.32 Å². The highest BCUT2D eigenvalue weighted by atomic mass is 32.2. The van der Waals surface area contributed by atoms with Crippen LogP contribution in [0.2, 0.25) is 0 Å². The maximum Gasteiger partial charge on any atom is 0.271 e. The first-order valence-corrected chi connectivity index (χ1v) is 11.2. The summed E-state index contributed by atoms with van der Waals surface area (Å²) in [4.78, 5) is 23.2. The number of thioether (sulfide) groups is 1. The van der Waals surface area contributed by atoms with Crippen molar-refractivity contribution in [3.63, 3.8) is 0 Å². The van der Waals surface area contributed by atoms with E-state index in [-0.39, 0.29) is 17.3 Å². The van der Waals surface area contributed by atoms with Crippen LogP contribution in [0.4, 0.5) is 11.4 Å². The van der Waals surface area contributed by atoms with Gasteiger partial charge in [0.05, 0.1) is 16.4 Å². The van der Waals surface area contributed by atoms with Gasteiger partial charge in [-0.3, -0.25) is 19.5 Å². The molecule has 0 spiro atoms. The van der Waals surface area contributed by atoms with Crippen molar-refractivity contribution in [3.05, 3.63) is 94.0 Å². The summed E-state index contributed by atoms with van der Waals surface area (Å²) in [5, 5.41) is 23.1. The van der Waals surface area contributed by atoms with Gasteiger partial charge in [-0.25, -0.2) is 0 Å². The van der Waals surface area contributed by atoms with E-state index < -0.39 is 4.92 Å². The lowest BCUT2D eigenvalue weighted by molar-refractivity contribution is -0.384. The van der Waals surface area contributed by atoms with Crippen molar-refractivity contribution in [2.45, 2.75) is 19.0 Å². The van der Waals surface area contributed by atoms with Gasteiger partial charge in [-0.05, 0) is 31.5 Å². The van der Waals surface area contributed by atoms with Gasteiger partial charge in [0.1, 0.15) is 0 Å². The molecule has 1 amide bonds. The van der Waals surface area contributed by atoms with Crippen LogP contribution in [-0.2, 0) is 4.79 Å². The van der Waals surface area contributed by atoms with Crippen molar-refractivity contribution in [3.8, 4) is 17.1 Å². The van der Waals surface area contributed by atoms with E-state index in [1.807, 2.05) is 66.1 Å². The van der Waals surface area contributed by atoms with Crippen LogP contribution in [0.1, 0.15) is 11.1 Å². The molecule has 1 aromatic heterocycles. The highest BCUT2D eigenvalue weighted by molar-refractivity contribution is 7.99. The quantitative estimate of drug-likeness (QED) is 0.232. The fourth-order valence-corrected chi connectivity index (χ4v) is 3.99. The molecule has 0 saturated heterocycles. The second-order valence-corrected chi connectivity index (χ2v) is 8.38. The molecule has 4 rings (SSSR count). The number of aromatic nitrogens is 3. The number of carbonyl (C=O) groups excluding carboxylic acids is 1. The maximum absolute atomic E-state index is 12.6. The van der Waals surface area contributed by atoms with Gasteiger partial charge in [0, 0.05) is 23.4 Å². The van der Waals surface area contributed by atoms with Gasteiger partial charge in [0.2, 0.25) is 5.91 Å². The number of nitrogens with zero attached hydrogens (tertiary/aromatic N) is 4. The van der Waals surface area contributed by atoms with E-state index in [1.165, 1.54) is 23.9 Å². The SMILES string of the molecule is Cc1ccc(-n2c(SCC(=O)Nc3cc([N+](=O)[O-])ccc3C)nnc2-c2ccccc2)cc1. The van der Waals surface area contributed by atoms with Crippen LogP contribution in [-0.4, -0.2) is 31.3 Å². The van der Waals surface area contributed by atoms with Crippen LogP contribution >= 0.6 is 11.8 Å². The van der Waals surface area contributed by atoms with Gasteiger partial charge in [-0.1, -0.05) is 65.9 Å². The molecule has 8 nitrogen and oxygen atoms in total. The number of benzene rings is 3. The van der Waals surface area contributed by atoms with Crippen molar-refractivity contribution >= 4 is 29.0 Å². The number of hydrogen-bond acceptors (Lipinski definition) is 6. The summed E-state index contributed by atoms with van der Waals surface area (Å²) in [6, 6.07) is 22.1. The molecule has 3 aromatic carbocycles. The Kier molecular flexibility index (Phi) is 6.50. The molecule has 1 heterocycles. The van der Waals surface area contributed by atoms with Crippen LogP contribution in [0.25, 0.3) is 17.1 Å². The lowest BCUT2D eigenvalue weighted by Crippen LogP contribution is -2.15. The van der Waals surface area contributed by atoms with Gasteiger partial charge in [0.25, 0.3) is 5.69 Å². The van der Waals surface area contributed by atoms with Crippen LogP contribution in [0.3, 0.4) is 0 Å². The number of rotatable bonds is 7. The standard InChI is InChI=1S/C24H21N5O3S/c1-16-8-11-19(12-9-16)28-23(18-6-4-3-5-7-18)26-27-24(28)33-15-22(30)25-21-14-20(29(31)32)13-10-17(21)2/h3-14H,15H2,1-2H3,(H,25,30). The summed E-state index contributed by atoms with van der Waals surface area (Å²) >= 11 is 1.25. The third-order valence-corrected chi connectivity index (χ3v) is 5.92. The first kappa shape index (κ1) is 22.2. The molecular formula is C24H21N5O3S. The van der Waals surface area contributed by atoms with E-state index in [1.54, 1.807) is 13.0 Å². The minimum absolute atomic E-state index is 0.0704. The monoisotopic (exact) mass is 459 g/mol. The Morgan fingerprint density at radius 1 is 1.03 bits per heavy atom. The summed E-state index contributed by atoms with van der Waals surface area (Å²) in [5.74, 6) is 0.459. The number of nitro groups is 1. The molecule has 33 heavy (non-hydrogen) atoms. The number of amides is 1. The molecule has 0 bridgehead atoms. The Labute approximate surface area is 194 Å². The van der Waals surface area contributed by atoms with Crippen LogP contribution in [0, 0.1) is 24.0 Å². The fraction of sp³-hybridized carbons (Fsp3) is 0.125. The number of carbonyl (C=O) groups is 1. The lowest BCUT2D eigenvalue weighted by atomic mass is 10.2. The third kappa shape index (κ3) is 5.09. The van der Waals surface area contributed by atoms with E-state index in [4.69, 9.17) is 0 Å². The topological polar surface area (TPSA) is 103 Å².